The average molecular weight is 405 g/mol. The first-order chi connectivity index (χ1) is 14.6. The van der Waals surface area contributed by atoms with Crippen molar-refractivity contribution in [2.45, 2.75) is 19.5 Å². The van der Waals surface area contributed by atoms with Crippen molar-refractivity contribution < 1.29 is 17.9 Å². The molecule has 4 aromatic rings. The molecule has 3 aromatic carbocycles. The van der Waals surface area contributed by atoms with Crippen molar-refractivity contribution in [3.05, 3.63) is 89.0 Å². The summed E-state index contributed by atoms with van der Waals surface area (Å²) in [7, 11) is 1.56. The highest BCUT2D eigenvalue weighted by molar-refractivity contribution is 5.90. The topological polar surface area (TPSA) is 25.6 Å². The SMILES string of the molecule is COc1ccc(CN2CCc3ccccc3C2)c2cc(-c3c(F)cccc3F)oc12. The van der Waals surface area contributed by atoms with E-state index in [1.807, 2.05) is 12.1 Å². The lowest BCUT2D eigenvalue weighted by Crippen LogP contribution is -2.30. The molecule has 0 radical (unpaired) electrons. The van der Waals surface area contributed by atoms with E-state index in [-0.39, 0.29) is 11.3 Å². The van der Waals surface area contributed by atoms with E-state index in [0.717, 1.165) is 30.5 Å². The lowest BCUT2D eigenvalue weighted by Gasteiger charge is -2.29. The summed E-state index contributed by atoms with van der Waals surface area (Å²) in [6, 6.07) is 17.9. The highest BCUT2D eigenvalue weighted by Crippen LogP contribution is 2.38. The Morgan fingerprint density at radius 2 is 1.73 bits per heavy atom. The summed E-state index contributed by atoms with van der Waals surface area (Å²) in [5, 5.41) is 0.811. The molecule has 0 saturated heterocycles. The van der Waals surface area contributed by atoms with Crippen LogP contribution in [0.1, 0.15) is 16.7 Å². The molecule has 1 aliphatic rings. The molecule has 1 aromatic heterocycles. The zero-order valence-electron chi connectivity index (χ0n) is 16.6. The summed E-state index contributed by atoms with van der Waals surface area (Å²) in [5.41, 5.74) is 4.12. The number of hydrogen-bond acceptors (Lipinski definition) is 3. The second-order valence-electron chi connectivity index (χ2n) is 7.61. The van der Waals surface area contributed by atoms with Crippen molar-refractivity contribution in [3.8, 4) is 17.1 Å². The van der Waals surface area contributed by atoms with Crippen LogP contribution in [0.3, 0.4) is 0 Å². The zero-order valence-corrected chi connectivity index (χ0v) is 16.6. The number of methoxy groups -OCH3 is 1. The predicted octanol–water partition coefficient (Wildman–Crippen LogP) is 5.94. The molecule has 0 unspecified atom stereocenters. The second kappa shape index (κ2) is 7.58. The predicted molar refractivity (Wildman–Crippen MR) is 112 cm³/mol. The molecule has 0 saturated carbocycles. The molecule has 30 heavy (non-hydrogen) atoms. The highest BCUT2D eigenvalue weighted by Gasteiger charge is 2.21. The van der Waals surface area contributed by atoms with Gasteiger partial charge in [0.25, 0.3) is 0 Å². The van der Waals surface area contributed by atoms with E-state index in [1.165, 1.54) is 29.3 Å². The molecule has 5 rings (SSSR count). The summed E-state index contributed by atoms with van der Waals surface area (Å²) >= 11 is 0. The lowest BCUT2D eigenvalue weighted by molar-refractivity contribution is 0.246. The highest BCUT2D eigenvalue weighted by atomic mass is 19.1. The molecule has 152 valence electrons. The van der Waals surface area contributed by atoms with Gasteiger partial charge in [0.15, 0.2) is 11.3 Å². The van der Waals surface area contributed by atoms with Gasteiger partial charge in [0.2, 0.25) is 0 Å². The fraction of sp³-hybridized carbons (Fsp3) is 0.200. The third kappa shape index (κ3) is 3.25. The Bertz CT molecular complexity index is 1210. The summed E-state index contributed by atoms with van der Waals surface area (Å²) in [6.45, 7) is 2.54. The normalized spacial score (nSPS) is 14.1. The number of rotatable bonds is 4. The largest absolute Gasteiger partial charge is 0.493 e. The number of fused-ring (bicyclic) bond motifs is 2. The molecule has 0 aliphatic carbocycles. The monoisotopic (exact) mass is 405 g/mol. The van der Waals surface area contributed by atoms with Crippen molar-refractivity contribution in [1.82, 2.24) is 4.90 Å². The van der Waals surface area contributed by atoms with Gasteiger partial charge in [-0.1, -0.05) is 36.4 Å². The smallest absolute Gasteiger partial charge is 0.176 e. The maximum absolute atomic E-state index is 14.3. The molecule has 0 atom stereocenters. The first-order valence-corrected chi connectivity index (χ1v) is 9.97. The molecule has 0 N–H and O–H groups in total. The molecule has 1 aliphatic heterocycles. The molecule has 0 fully saturated rings. The molecular formula is C25H21F2NO2. The van der Waals surface area contributed by atoms with Crippen LogP contribution in [-0.2, 0) is 19.5 Å². The minimum Gasteiger partial charge on any atom is -0.493 e. The van der Waals surface area contributed by atoms with Crippen LogP contribution in [0.4, 0.5) is 8.78 Å². The molecule has 3 nitrogen and oxygen atoms in total. The van der Waals surface area contributed by atoms with Crippen LogP contribution in [0, 0.1) is 11.6 Å². The van der Waals surface area contributed by atoms with E-state index in [1.54, 1.807) is 13.2 Å². The molecule has 5 heteroatoms. The fourth-order valence-electron chi connectivity index (χ4n) is 4.24. The Morgan fingerprint density at radius 1 is 0.967 bits per heavy atom. The van der Waals surface area contributed by atoms with Gasteiger partial charge in [-0.15, -0.1) is 0 Å². The molecule has 0 bridgehead atoms. The van der Waals surface area contributed by atoms with Gasteiger partial charge >= 0.3 is 0 Å². The van der Waals surface area contributed by atoms with Crippen molar-refractivity contribution in [3.63, 3.8) is 0 Å². The minimum absolute atomic E-state index is 0.159. The van der Waals surface area contributed by atoms with Gasteiger partial charge in [-0.2, -0.15) is 0 Å². The zero-order chi connectivity index (χ0) is 20.7. The van der Waals surface area contributed by atoms with Gasteiger partial charge < -0.3 is 9.15 Å². The second-order valence-corrected chi connectivity index (χ2v) is 7.61. The van der Waals surface area contributed by atoms with Crippen molar-refractivity contribution in [1.29, 1.82) is 0 Å². The van der Waals surface area contributed by atoms with Gasteiger partial charge in [0.1, 0.15) is 17.4 Å². The summed E-state index contributed by atoms with van der Waals surface area (Å²) in [4.78, 5) is 2.37. The van der Waals surface area contributed by atoms with Gasteiger partial charge in [0, 0.05) is 25.0 Å². The van der Waals surface area contributed by atoms with Crippen LogP contribution in [-0.4, -0.2) is 18.6 Å². The number of furan rings is 1. The summed E-state index contributed by atoms with van der Waals surface area (Å²) in [5.74, 6) is -0.597. The van der Waals surface area contributed by atoms with Crippen LogP contribution in [0.25, 0.3) is 22.3 Å². The maximum Gasteiger partial charge on any atom is 0.176 e. The molecule has 0 spiro atoms. The van der Waals surface area contributed by atoms with E-state index >= 15 is 0 Å². The fourth-order valence-corrected chi connectivity index (χ4v) is 4.24. The lowest BCUT2D eigenvalue weighted by atomic mass is 9.99. The third-order valence-corrected chi connectivity index (χ3v) is 5.77. The molecular weight excluding hydrogens is 384 g/mol. The van der Waals surface area contributed by atoms with Crippen molar-refractivity contribution >= 4 is 11.0 Å². The van der Waals surface area contributed by atoms with E-state index in [9.17, 15) is 8.78 Å². The van der Waals surface area contributed by atoms with Crippen LogP contribution in [0.5, 0.6) is 5.75 Å². The first kappa shape index (κ1) is 18.8. The van der Waals surface area contributed by atoms with Crippen LogP contribution in [0.2, 0.25) is 0 Å². The number of benzene rings is 3. The number of nitrogens with zero attached hydrogens (tertiary/aromatic N) is 1. The van der Waals surface area contributed by atoms with Crippen molar-refractivity contribution in [2.24, 2.45) is 0 Å². The summed E-state index contributed by atoms with van der Waals surface area (Å²) < 4.78 is 40.0. The molecule has 2 heterocycles. The average Bonchev–Trinajstić information content (AvgIpc) is 3.19. The van der Waals surface area contributed by atoms with Gasteiger partial charge in [-0.25, -0.2) is 8.78 Å². The van der Waals surface area contributed by atoms with Crippen molar-refractivity contribution in [2.75, 3.05) is 13.7 Å². The van der Waals surface area contributed by atoms with E-state index in [4.69, 9.17) is 9.15 Å². The standard InChI is InChI=1S/C25H21F2NO2/c1-29-22-10-9-18(15-28-12-11-16-5-2-3-6-17(16)14-28)19-13-23(30-25(19)22)24-20(26)7-4-8-21(24)27/h2-10,13H,11-12,14-15H2,1H3. The Hall–Kier alpha value is -3.18. The van der Waals surface area contributed by atoms with E-state index in [0.29, 0.717) is 17.9 Å². The van der Waals surface area contributed by atoms with Crippen LogP contribution >= 0.6 is 0 Å². The van der Waals surface area contributed by atoms with E-state index < -0.39 is 11.6 Å². The minimum atomic E-state index is -0.651. The Morgan fingerprint density at radius 3 is 2.50 bits per heavy atom. The number of ether oxygens (including phenoxy) is 1. The Balaban J connectivity index is 1.54. The number of hydrogen-bond donors (Lipinski definition) is 0. The van der Waals surface area contributed by atoms with Gasteiger partial charge in [-0.3, -0.25) is 4.90 Å². The quantitative estimate of drug-likeness (QED) is 0.420. The Labute approximate surface area is 173 Å². The third-order valence-electron chi connectivity index (χ3n) is 5.77. The van der Waals surface area contributed by atoms with Gasteiger partial charge in [0.05, 0.1) is 12.7 Å². The number of halogens is 2. The summed E-state index contributed by atoms with van der Waals surface area (Å²) in [6.07, 6.45) is 1.01. The first-order valence-electron chi connectivity index (χ1n) is 9.97. The maximum atomic E-state index is 14.3. The molecule has 0 amide bonds. The van der Waals surface area contributed by atoms with Crippen LogP contribution < -0.4 is 4.74 Å². The Kier molecular flexibility index (Phi) is 4.75. The van der Waals surface area contributed by atoms with Crippen LogP contribution in [0.15, 0.2) is 65.1 Å². The van der Waals surface area contributed by atoms with Gasteiger partial charge in [-0.05, 0) is 47.4 Å². The van der Waals surface area contributed by atoms with E-state index in [2.05, 4.69) is 29.2 Å².